The molecule has 3 heterocycles. The van der Waals surface area contributed by atoms with Gasteiger partial charge in [-0.3, -0.25) is 24.0 Å². The van der Waals surface area contributed by atoms with Gasteiger partial charge in [0.1, 0.15) is 0 Å². The van der Waals surface area contributed by atoms with E-state index >= 15 is 0 Å². The molecule has 172 valence electrons. The molecule has 0 unspecified atom stereocenters. The molecule has 2 aliphatic heterocycles. The predicted octanol–water partition coefficient (Wildman–Crippen LogP) is -1.37. The second-order valence-electron chi connectivity index (χ2n) is 7.20. The molecule has 0 fully saturated rings. The van der Waals surface area contributed by atoms with Crippen LogP contribution < -0.4 is 40.0 Å². The van der Waals surface area contributed by atoms with Gasteiger partial charge < -0.3 is 15.2 Å². The SMILES string of the molecule is CC(=O)c1cccc2c1C(=O)C(=O)N2C(C)=O.O=C1OC(=O)c2cc(=O)[nH]c3cccc1c23.[Na+].[OH-]. The molecule has 2 aliphatic rings. The van der Waals surface area contributed by atoms with Gasteiger partial charge >= 0.3 is 47.4 Å². The summed E-state index contributed by atoms with van der Waals surface area (Å²) in [4.78, 5) is 83.6. The van der Waals surface area contributed by atoms with Crippen molar-refractivity contribution in [2.45, 2.75) is 13.8 Å². The largest absolute Gasteiger partial charge is 1.00 e. The van der Waals surface area contributed by atoms with Crippen LogP contribution >= 0.6 is 0 Å². The number of hydrogen-bond acceptors (Lipinski definition) is 9. The number of anilines is 1. The van der Waals surface area contributed by atoms with Gasteiger partial charge in [-0.15, -0.1) is 0 Å². The summed E-state index contributed by atoms with van der Waals surface area (Å²) in [5.41, 5.74) is 0.887. The zero-order chi connectivity index (χ0) is 24.0. The Morgan fingerprint density at radius 2 is 1.51 bits per heavy atom. The molecule has 0 radical (unpaired) electrons. The van der Waals surface area contributed by atoms with Crippen LogP contribution in [0.3, 0.4) is 0 Å². The van der Waals surface area contributed by atoms with Crippen molar-refractivity contribution >= 4 is 51.9 Å². The number of nitrogens with one attached hydrogen (secondary N) is 1. The first-order valence-corrected chi connectivity index (χ1v) is 9.57. The molecular formula is C23H15N2NaO9. The van der Waals surface area contributed by atoms with E-state index in [-0.39, 0.29) is 63.2 Å². The summed E-state index contributed by atoms with van der Waals surface area (Å²) in [6.07, 6.45) is 0. The van der Waals surface area contributed by atoms with Crippen molar-refractivity contribution in [3.8, 4) is 0 Å². The fourth-order valence-electron chi connectivity index (χ4n) is 3.73. The summed E-state index contributed by atoms with van der Waals surface area (Å²) >= 11 is 0. The van der Waals surface area contributed by atoms with Crippen molar-refractivity contribution in [2.75, 3.05) is 4.90 Å². The predicted molar refractivity (Wildman–Crippen MR) is 115 cm³/mol. The number of ether oxygens (including phenoxy) is 1. The van der Waals surface area contributed by atoms with Crippen molar-refractivity contribution in [1.29, 1.82) is 0 Å². The molecule has 0 spiro atoms. The number of pyridine rings is 1. The van der Waals surface area contributed by atoms with Gasteiger partial charge in [0, 0.05) is 29.5 Å². The molecule has 3 aromatic rings. The first-order valence-electron chi connectivity index (χ1n) is 9.57. The molecule has 5 rings (SSSR count). The third-order valence-electron chi connectivity index (χ3n) is 5.09. The molecule has 1 aromatic heterocycles. The Morgan fingerprint density at radius 1 is 0.886 bits per heavy atom. The van der Waals surface area contributed by atoms with E-state index in [1.165, 1.54) is 32.0 Å². The molecule has 0 aliphatic carbocycles. The number of ketones is 2. The number of esters is 2. The summed E-state index contributed by atoms with van der Waals surface area (Å²) in [5, 5.41) is 0.448. The van der Waals surface area contributed by atoms with Gasteiger partial charge in [0.15, 0.2) is 5.78 Å². The maximum atomic E-state index is 11.7. The molecule has 2 aromatic carbocycles. The number of H-pyrrole nitrogens is 1. The quantitative estimate of drug-likeness (QED) is 0.143. The summed E-state index contributed by atoms with van der Waals surface area (Å²) in [7, 11) is 0. The van der Waals surface area contributed by atoms with Crippen LogP contribution in [0, 0.1) is 0 Å². The number of carbonyl (C=O) groups is 6. The number of rotatable bonds is 1. The minimum atomic E-state index is -0.902. The molecule has 0 saturated heterocycles. The standard InChI is InChI=1S/C12H9NO4.C11H5NO4.Na.H2O/c1-6(14)8-4-3-5-9-10(8)11(16)12(17)13(9)7(2)15;13-8-4-6-9-5(10(14)16-11(6)15)2-1-3-7(9)12-8;;/h3-5H,1-2H3;1-4H,(H,12,13);;1H2/q;;+1;/p-1. The zero-order valence-corrected chi connectivity index (χ0v) is 20.7. The van der Waals surface area contributed by atoms with Crippen molar-refractivity contribution in [2.24, 2.45) is 0 Å². The molecule has 35 heavy (non-hydrogen) atoms. The van der Waals surface area contributed by atoms with Crippen molar-refractivity contribution in [3.63, 3.8) is 0 Å². The number of aromatic amines is 1. The Hall–Kier alpha value is -3.77. The van der Waals surface area contributed by atoms with Crippen LogP contribution in [0.1, 0.15) is 55.3 Å². The van der Waals surface area contributed by atoms with Crippen LogP contribution in [-0.2, 0) is 14.3 Å². The maximum absolute atomic E-state index is 11.7. The van der Waals surface area contributed by atoms with Gasteiger partial charge in [-0.2, -0.15) is 0 Å². The summed E-state index contributed by atoms with van der Waals surface area (Å²) in [6.45, 7) is 2.50. The number of Topliss-reactive ketones (excluding diaryl/α,β-unsaturated/α-hetero) is 2. The average molecular weight is 486 g/mol. The Bertz CT molecular complexity index is 1510. The van der Waals surface area contributed by atoms with Crippen LogP contribution in [0.2, 0.25) is 0 Å². The van der Waals surface area contributed by atoms with Gasteiger partial charge in [-0.25, -0.2) is 14.5 Å². The van der Waals surface area contributed by atoms with Crippen molar-refractivity contribution < 1.29 is 68.5 Å². The van der Waals surface area contributed by atoms with Crippen LogP contribution in [0.15, 0.2) is 47.3 Å². The van der Waals surface area contributed by atoms with Gasteiger partial charge in [-0.05, 0) is 25.1 Å². The number of benzene rings is 2. The fraction of sp³-hybridized carbons (Fsp3) is 0.0870. The minimum absolute atomic E-state index is 0. The number of amides is 2. The summed E-state index contributed by atoms with van der Waals surface area (Å²) in [6, 6.07) is 10.4. The van der Waals surface area contributed by atoms with E-state index in [1.54, 1.807) is 18.2 Å². The van der Waals surface area contributed by atoms with Crippen molar-refractivity contribution in [1.82, 2.24) is 4.98 Å². The first kappa shape index (κ1) is 27.5. The summed E-state index contributed by atoms with van der Waals surface area (Å²) in [5.74, 6) is -4.02. The molecule has 0 saturated carbocycles. The third kappa shape index (κ3) is 4.62. The second-order valence-corrected chi connectivity index (χ2v) is 7.20. The van der Waals surface area contributed by atoms with E-state index in [4.69, 9.17) is 0 Å². The van der Waals surface area contributed by atoms with E-state index in [2.05, 4.69) is 9.72 Å². The van der Waals surface area contributed by atoms with Gasteiger partial charge in [-0.1, -0.05) is 18.2 Å². The molecule has 0 bridgehead atoms. The number of carbonyl (C=O) groups excluding carboxylic acids is 6. The van der Waals surface area contributed by atoms with Crippen LogP contribution in [0.5, 0.6) is 0 Å². The molecular weight excluding hydrogens is 471 g/mol. The number of fused-ring (bicyclic) bond motifs is 1. The Labute approximate surface area is 218 Å². The van der Waals surface area contributed by atoms with Crippen LogP contribution in [0.25, 0.3) is 10.9 Å². The number of cyclic esters (lactones) is 2. The molecule has 2 N–H and O–H groups in total. The maximum Gasteiger partial charge on any atom is 1.00 e. The van der Waals surface area contributed by atoms with E-state index < -0.39 is 35.1 Å². The fourth-order valence-corrected chi connectivity index (χ4v) is 3.73. The van der Waals surface area contributed by atoms with E-state index in [0.717, 1.165) is 11.0 Å². The number of hydrogen-bond donors (Lipinski definition) is 1. The zero-order valence-electron chi connectivity index (χ0n) is 18.7. The smallest absolute Gasteiger partial charge is 0.870 e. The Balaban J connectivity index is 0.000000234. The van der Waals surface area contributed by atoms with Crippen molar-refractivity contribution in [3.05, 3.63) is 75.1 Å². The second kappa shape index (κ2) is 10.2. The van der Waals surface area contributed by atoms with Crippen LogP contribution in [-0.4, -0.2) is 45.8 Å². The number of nitrogens with zero attached hydrogens (tertiary/aromatic N) is 1. The van der Waals surface area contributed by atoms with Gasteiger partial charge in [0.05, 0.1) is 22.4 Å². The van der Waals surface area contributed by atoms with Gasteiger partial charge in [0.25, 0.3) is 5.78 Å². The Morgan fingerprint density at radius 3 is 2.14 bits per heavy atom. The van der Waals surface area contributed by atoms with Crippen LogP contribution in [0.4, 0.5) is 5.69 Å². The molecule has 12 heteroatoms. The normalized spacial score (nSPS) is 13.1. The first-order chi connectivity index (χ1) is 15.6. The summed E-state index contributed by atoms with van der Waals surface area (Å²) < 4.78 is 4.53. The number of aromatic nitrogens is 1. The third-order valence-corrected chi connectivity index (χ3v) is 5.09. The topological polar surface area (TPSA) is 178 Å². The van der Waals surface area contributed by atoms with E-state index in [1.807, 2.05) is 0 Å². The Kier molecular flexibility index (Phi) is 8.04. The average Bonchev–Trinajstić information content (AvgIpc) is 3.02. The van der Waals surface area contributed by atoms with E-state index in [9.17, 15) is 33.6 Å². The molecule has 0 atom stereocenters. The van der Waals surface area contributed by atoms with Gasteiger partial charge in [0.2, 0.25) is 11.5 Å². The monoisotopic (exact) mass is 486 g/mol. The molecule has 2 amide bonds. The molecule has 11 nitrogen and oxygen atoms in total. The van der Waals surface area contributed by atoms with E-state index in [0.29, 0.717) is 16.5 Å². The number of imide groups is 1. The minimum Gasteiger partial charge on any atom is -0.870 e.